The van der Waals surface area contributed by atoms with Crippen LogP contribution in [0.15, 0.2) is 97.1 Å². The second-order valence-corrected chi connectivity index (χ2v) is 28.5. The van der Waals surface area contributed by atoms with Crippen LogP contribution in [0.1, 0.15) is 80.0 Å². The maximum atomic E-state index is 13.5. The van der Waals surface area contributed by atoms with Gasteiger partial charge in [-0.3, -0.25) is 29.3 Å². The monoisotopic (exact) mass is 1530 g/mol. The van der Waals surface area contributed by atoms with Gasteiger partial charge in [0.15, 0.2) is 46.0 Å². The van der Waals surface area contributed by atoms with E-state index in [1.165, 1.54) is 62.5 Å². The maximum absolute atomic E-state index is 13.5. The number of fused-ring (bicyclic) bond motifs is 8. The molecule has 0 aromatic heterocycles. The number of nitrogens with zero attached hydrogens (tertiary/aromatic N) is 4. The zero-order chi connectivity index (χ0) is 70.1. The van der Waals surface area contributed by atoms with E-state index >= 15 is 0 Å². The smallest absolute Gasteiger partial charge is 0.746 e. The summed E-state index contributed by atoms with van der Waals surface area (Å²) >= 11 is 1.51. The molecule has 8 aliphatic heterocycles. The van der Waals surface area contributed by atoms with Crippen molar-refractivity contribution < 1.29 is 231 Å². The van der Waals surface area contributed by atoms with Crippen LogP contribution in [0.3, 0.4) is 0 Å². The van der Waals surface area contributed by atoms with E-state index in [2.05, 4.69) is 66.3 Å². The molecule has 32 nitrogen and oxygen atoms in total. The molecule has 8 aliphatic rings. The quantitative estimate of drug-likeness (QED) is 0.00963. The number of benzene rings is 4. The van der Waals surface area contributed by atoms with Gasteiger partial charge >= 0.3 is 118 Å². The molecule has 0 bridgehead atoms. The van der Waals surface area contributed by atoms with E-state index in [1.807, 2.05) is 0 Å². The van der Waals surface area contributed by atoms with Gasteiger partial charge in [0.05, 0.1) is 148 Å². The zero-order valence-electron chi connectivity index (χ0n) is 57.2. The van der Waals surface area contributed by atoms with E-state index in [4.69, 9.17) is 37.9 Å². The topological polar surface area (TPSA) is 401 Å². The molecule has 8 heterocycles. The first-order valence-corrected chi connectivity index (χ1v) is 34.9. The standard InChI is InChI=1S/2C31H36N4O12S2.4Na/c2*1-16-8-22-28(48-47-46-38)32-20-12-26(24(42-3)10-18(20)30(36)34(22)14-16)44-6-5-7-45-27-13-21-19(11-25(27)43-4)31(37)35-15-17(2)9-23(35)29(33-21)49(39,40)41;;;;/h2*10-13,22-23,28-29,32-33,38H,1-2,5-9,14-15H2,3-4H3,(H,39,40,41);;;;/q;;4*+1/p-4/t2*22-,23-,28?,29?;;;;/m00..../s1. The summed E-state index contributed by atoms with van der Waals surface area (Å²) in [6.07, 6.45) is 2.11. The van der Waals surface area contributed by atoms with Crippen LogP contribution in [-0.2, 0) is 39.0 Å². The predicted octanol–water partition coefficient (Wildman–Crippen LogP) is -7.96. The minimum Gasteiger partial charge on any atom is -0.746 e. The molecular formula is C62H68N8Na4O24S4. The average molecular weight is 1530 g/mol. The van der Waals surface area contributed by atoms with Crippen molar-refractivity contribution in [1.82, 2.24) is 19.6 Å². The summed E-state index contributed by atoms with van der Waals surface area (Å²) in [5.74, 6) is 0.845. The van der Waals surface area contributed by atoms with Crippen molar-refractivity contribution in [2.75, 3.05) is 102 Å². The largest absolute Gasteiger partial charge is 1.00 e. The molecule has 0 saturated carbocycles. The predicted molar refractivity (Wildman–Crippen MR) is 346 cm³/mol. The number of hydrogen-bond donors (Lipinski definition) is 4. The van der Waals surface area contributed by atoms with Gasteiger partial charge < -0.3 is 98.4 Å². The molecule has 0 radical (unpaired) electrons. The van der Waals surface area contributed by atoms with Gasteiger partial charge in [-0.25, -0.2) is 16.8 Å². The van der Waals surface area contributed by atoms with Crippen LogP contribution in [0.4, 0.5) is 22.7 Å². The Balaban J connectivity index is 0.000000275. The van der Waals surface area contributed by atoms with Gasteiger partial charge in [-0.05, 0) is 49.9 Å². The van der Waals surface area contributed by atoms with Crippen LogP contribution in [-0.4, -0.2) is 196 Å². The second kappa shape index (κ2) is 36.5. The van der Waals surface area contributed by atoms with Crippen LogP contribution in [0, 0.1) is 0 Å². The zero-order valence-corrected chi connectivity index (χ0v) is 68.5. The maximum Gasteiger partial charge on any atom is 1.00 e. The Morgan fingerprint density at radius 1 is 0.412 bits per heavy atom. The first-order valence-electron chi connectivity index (χ1n) is 30.4. The Hall–Kier alpha value is -4.40. The first-order chi connectivity index (χ1) is 46.9. The molecular weight excluding hydrogens is 1460 g/mol. The van der Waals surface area contributed by atoms with Gasteiger partial charge in [0.2, 0.25) is 0 Å². The van der Waals surface area contributed by atoms with Crippen LogP contribution in [0.25, 0.3) is 0 Å². The van der Waals surface area contributed by atoms with Crippen LogP contribution in [0.2, 0.25) is 0 Å². The average Bonchev–Trinajstić information content (AvgIpc) is 1.63. The number of carbonyl (C=O) groups is 4. The number of hydrogen-bond acceptors (Lipinski definition) is 30. The van der Waals surface area contributed by atoms with E-state index in [1.54, 1.807) is 34.1 Å². The molecule has 4 amide bonds. The van der Waals surface area contributed by atoms with E-state index in [0.717, 1.165) is 35.2 Å². The third-order valence-electron chi connectivity index (χ3n) is 17.5. The fourth-order valence-electron chi connectivity index (χ4n) is 13.1. The van der Waals surface area contributed by atoms with E-state index in [-0.39, 0.29) is 240 Å². The second-order valence-electron chi connectivity index (χ2n) is 23.8. The fourth-order valence-corrected chi connectivity index (χ4v) is 16.2. The molecule has 0 spiro atoms. The van der Waals surface area contributed by atoms with Crippen LogP contribution >= 0.6 is 24.1 Å². The van der Waals surface area contributed by atoms with Gasteiger partial charge in [-0.15, -0.1) is 0 Å². The molecule has 4 aromatic rings. The Morgan fingerprint density at radius 2 is 0.657 bits per heavy atom. The van der Waals surface area contributed by atoms with Crippen LogP contribution < -0.4 is 188 Å². The molecule has 0 aliphatic carbocycles. The van der Waals surface area contributed by atoms with Crippen molar-refractivity contribution in [1.29, 1.82) is 0 Å². The van der Waals surface area contributed by atoms with Gasteiger partial charge in [0.25, 0.3) is 23.6 Å². The van der Waals surface area contributed by atoms with Crippen LogP contribution in [0.5, 0.6) is 46.0 Å². The number of carbonyl (C=O) groups excluding carboxylic acids is 4. The molecule has 4 saturated heterocycles. The molecule has 4 aromatic carbocycles. The molecule has 4 fully saturated rings. The summed E-state index contributed by atoms with van der Waals surface area (Å²) in [6, 6.07) is 9.72. The summed E-state index contributed by atoms with van der Waals surface area (Å²) in [5, 5.41) is 36.0. The SMILES string of the molecule is C=C1C[C@H]2C(SOO[O-])Nc3cc(OCCCOc4cc5c(cc4OC)C(=O)N4CC(=C)C[C@H]4C(S(=O)(=O)[O-])N5)c(OC)cc3C(=O)N2C1.C=C1C[C@H]2C(SOO[O-])Nc3cc(OCCCOc4cc5c(cc4OC)C(=O)N4CC(=C)C[C@H]4C(S(=O)(=O)[O-])N5)c(OC)cc3C(=O)N2C1.[Na+].[Na+].[Na+].[Na+]. The summed E-state index contributed by atoms with van der Waals surface area (Å²) in [5.41, 5.74) is 5.16. The first kappa shape index (κ1) is 84.9. The van der Waals surface area contributed by atoms with Crippen molar-refractivity contribution in [3.05, 3.63) is 119 Å². The van der Waals surface area contributed by atoms with Crippen molar-refractivity contribution in [2.24, 2.45) is 0 Å². The fraction of sp³-hybridized carbons (Fsp3) is 0.419. The minimum atomic E-state index is -4.85. The van der Waals surface area contributed by atoms with Crippen molar-refractivity contribution in [3.63, 3.8) is 0 Å². The number of ether oxygens (including phenoxy) is 8. The van der Waals surface area contributed by atoms with Gasteiger partial charge in [-0.1, -0.05) is 48.6 Å². The Kier molecular flexibility index (Phi) is 30.3. The number of anilines is 4. The third kappa shape index (κ3) is 18.4. The Bertz CT molecular complexity index is 3860. The number of amides is 4. The molecule has 528 valence electrons. The van der Waals surface area contributed by atoms with Gasteiger partial charge in [0.1, 0.15) is 41.7 Å². The van der Waals surface area contributed by atoms with Crippen molar-refractivity contribution in [3.8, 4) is 46.0 Å². The summed E-state index contributed by atoms with van der Waals surface area (Å²) in [7, 11) is -3.98. The van der Waals surface area contributed by atoms with Crippen molar-refractivity contribution >= 4 is 90.7 Å². The summed E-state index contributed by atoms with van der Waals surface area (Å²) in [4.78, 5) is 59.9. The van der Waals surface area contributed by atoms with E-state index in [9.17, 15) is 55.6 Å². The van der Waals surface area contributed by atoms with Crippen molar-refractivity contribution in [2.45, 2.75) is 84.2 Å². The van der Waals surface area contributed by atoms with Gasteiger partial charge in [0, 0.05) is 63.3 Å². The molecule has 8 atom stereocenters. The third-order valence-corrected chi connectivity index (χ3v) is 21.2. The Labute approximate surface area is 685 Å². The molecule has 12 rings (SSSR count). The number of rotatable bonds is 24. The number of nitrogens with one attached hydrogen (secondary N) is 4. The van der Waals surface area contributed by atoms with E-state index in [0.29, 0.717) is 95.4 Å². The minimum absolute atomic E-state index is 0. The molecule has 102 heavy (non-hydrogen) atoms. The summed E-state index contributed by atoms with van der Waals surface area (Å²) in [6.45, 7) is 17.3. The Morgan fingerprint density at radius 3 is 0.902 bits per heavy atom. The molecule has 4 N–H and O–H groups in total. The molecule has 40 heteroatoms. The number of methoxy groups -OCH3 is 4. The normalized spacial score (nSPS) is 22.1. The van der Waals surface area contributed by atoms with Gasteiger partial charge in [-0.2, -0.15) is 8.67 Å². The summed E-state index contributed by atoms with van der Waals surface area (Å²) < 4.78 is 129. The molecule has 4 unspecified atom stereocenters. The van der Waals surface area contributed by atoms with E-state index < -0.39 is 65.6 Å².